The highest BCUT2D eigenvalue weighted by atomic mass is 16.5. The smallest absolute Gasteiger partial charge is 0.178 e. The Morgan fingerprint density at radius 2 is 1.79 bits per heavy atom. The van der Waals surface area contributed by atoms with Gasteiger partial charge in [-0.25, -0.2) is 0 Å². The predicted octanol–water partition coefficient (Wildman–Crippen LogP) is 2.99. The minimum absolute atomic E-state index is 0.126. The van der Waals surface area contributed by atoms with Gasteiger partial charge in [0, 0.05) is 0 Å². The predicted molar refractivity (Wildman–Crippen MR) is 91.6 cm³/mol. The van der Waals surface area contributed by atoms with E-state index in [1.54, 1.807) is 6.92 Å². The van der Waals surface area contributed by atoms with Crippen molar-refractivity contribution in [3.8, 4) is 11.8 Å². The van der Waals surface area contributed by atoms with E-state index in [4.69, 9.17) is 15.9 Å². The molecule has 128 valence electrons. The minimum atomic E-state index is -1.18. The van der Waals surface area contributed by atoms with Crippen molar-refractivity contribution in [1.29, 1.82) is 10.7 Å². The van der Waals surface area contributed by atoms with Crippen LogP contribution in [-0.2, 0) is 0 Å². The van der Waals surface area contributed by atoms with Crippen LogP contribution in [0.15, 0.2) is 30.3 Å². The lowest BCUT2D eigenvalue weighted by molar-refractivity contribution is -0.122. The van der Waals surface area contributed by atoms with Gasteiger partial charge in [0.25, 0.3) is 0 Å². The van der Waals surface area contributed by atoms with Crippen molar-refractivity contribution in [3.63, 3.8) is 0 Å². The number of para-hydroxylation sites is 1. The van der Waals surface area contributed by atoms with E-state index in [9.17, 15) is 10.4 Å². The number of fused-ring (bicyclic) bond motifs is 3. The van der Waals surface area contributed by atoms with Gasteiger partial charge in [-0.05, 0) is 63.0 Å². The van der Waals surface area contributed by atoms with Crippen molar-refractivity contribution in [3.05, 3.63) is 30.3 Å². The number of ether oxygens (including phenoxy) is 1. The van der Waals surface area contributed by atoms with Gasteiger partial charge in [0.1, 0.15) is 11.6 Å². The van der Waals surface area contributed by atoms with Gasteiger partial charge < -0.3 is 15.6 Å². The summed E-state index contributed by atoms with van der Waals surface area (Å²) in [5.41, 5.74) is 3.93. The molecular formula is C19H25N3O2. The average Bonchev–Trinajstić information content (AvgIpc) is 2.57. The second-order valence-electron chi connectivity index (χ2n) is 7.58. The lowest BCUT2D eigenvalue weighted by Crippen LogP contribution is -2.60. The largest absolute Gasteiger partial charge is 0.478 e. The molecule has 3 aliphatic carbocycles. The lowest BCUT2D eigenvalue weighted by atomic mass is 9.51. The summed E-state index contributed by atoms with van der Waals surface area (Å²) in [5.74, 6) is -0.0405. The number of benzene rings is 1. The molecule has 24 heavy (non-hydrogen) atoms. The molecular weight excluding hydrogens is 302 g/mol. The zero-order valence-corrected chi connectivity index (χ0v) is 14.1. The maximum atomic E-state index is 10.5. The topological polar surface area (TPSA) is 103 Å². The van der Waals surface area contributed by atoms with Crippen LogP contribution in [0, 0.1) is 28.1 Å². The Hall–Kier alpha value is -2.06. The standard InChI is InChI=1S/C19H25N3O2/c1-17(16(21)22,24-14-5-3-2-4-6-14)15(13-20)18-7-10-19(23,11-8-18)12-9-18/h2-6,15,23H,7-12H2,1H3,(H3,21,22). The summed E-state index contributed by atoms with van der Waals surface area (Å²) in [5, 5.41) is 28.5. The Morgan fingerprint density at radius 3 is 2.25 bits per heavy atom. The summed E-state index contributed by atoms with van der Waals surface area (Å²) in [7, 11) is 0. The van der Waals surface area contributed by atoms with E-state index in [-0.39, 0.29) is 11.3 Å². The molecule has 0 radical (unpaired) electrons. The summed E-state index contributed by atoms with van der Waals surface area (Å²) in [4.78, 5) is 0. The molecule has 4 N–H and O–H groups in total. The Balaban J connectivity index is 1.94. The fraction of sp³-hybridized carbons (Fsp3) is 0.579. The molecule has 0 aromatic heterocycles. The van der Waals surface area contributed by atoms with E-state index in [1.807, 2.05) is 30.3 Å². The van der Waals surface area contributed by atoms with Crippen LogP contribution < -0.4 is 10.5 Å². The van der Waals surface area contributed by atoms with Gasteiger partial charge in [-0.3, -0.25) is 5.41 Å². The number of nitrogens with one attached hydrogen (secondary N) is 1. The number of nitrogens with zero attached hydrogens (tertiary/aromatic N) is 1. The van der Waals surface area contributed by atoms with Crippen LogP contribution in [0.1, 0.15) is 45.4 Å². The molecule has 3 saturated carbocycles. The summed E-state index contributed by atoms with van der Waals surface area (Å²) in [6.07, 6.45) is 4.48. The molecule has 0 heterocycles. The molecule has 5 heteroatoms. The van der Waals surface area contributed by atoms with Crippen LogP contribution in [0.5, 0.6) is 5.75 Å². The third-order valence-corrected chi connectivity index (χ3v) is 6.16. The van der Waals surface area contributed by atoms with Gasteiger partial charge in [-0.15, -0.1) is 0 Å². The molecule has 0 amide bonds. The SMILES string of the molecule is CC(Oc1ccccc1)(C(=N)N)C(C#N)C12CCC(O)(CC1)CC2. The first-order valence-corrected chi connectivity index (χ1v) is 8.54. The van der Waals surface area contributed by atoms with Gasteiger partial charge in [0.2, 0.25) is 0 Å². The molecule has 2 atom stereocenters. The fourth-order valence-electron chi connectivity index (χ4n) is 4.48. The maximum absolute atomic E-state index is 10.5. The highest BCUT2D eigenvalue weighted by molar-refractivity contribution is 5.87. The fourth-order valence-corrected chi connectivity index (χ4v) is 4.48. The van der Waals surface area contributed by atoms with Gasteiger partial charge in [0.05, 0.1) is 17.6 Å². The second-order valence-corrected chi connectivity index (χ2v) is 7.58. The molecule has 0 saturated heterocycles. The minimum Gasteiger partial charge on any atom is -0.478 e. The van der Waals surface area contributed by atoms with Crippen molar-refractivity contribution in [1.82, 2.24) is 0 Å². The number of rotatable bonds is 5. The number of hydrogen-bond donors (Lipinski definition) is 3. The molecule has 4 rings (SSSR count). The monoisotopic (exact) mass is 327 g/mol. The third-order valence-electron chi connectivity index (χ3n) is 6.16. The van der Waals surface area contributed by atoms with Crippen molar-refractivity contribution in [2.75, 3.05) is 0 Å². The molecule has 1 aromatic rings. The summed E-state index contributed by atoms with van der Waals surface area (Å²) < 4.78 is 6.10. The number of nitriles is 1. The van der Waals surface area contributed by atoms with E-state index < -0.39 is 17.1 Å². The van der Waals surface area contributed by atoms with Crippen molar-refractivity contribution < 1.29 is 9.84 Å². The van der Waals surface area contributed by atoms with E-state index in [2.05, 4.69) is 6.07 Å². The van der Waals surface area contributed by atoms with Gasteiger partial charge in [-0.1, -0.05) is 18.2 Å². The first-order valence-electron chi connectivity index (χ1n) is 8.54. The lowest BCUT2D eigenvalue weighted by Gasteiger charge is -2.55. The normalized spacial score (nSPS) is 32.4. The van der Waals surface area contributed by atoms with Crippen LogP contribution in [0.25, 0.3) is 0 Å². The molecule has 1 aromatic carbocycles. The number of aliphatic hydroxyl groups is 1. The molecule has 0 aliphatic heterocycles. The summed E-state index contributed by atoms with van der Waals surface area (Å²) >= 11 is 0. The van der Waals surface area contributed by atoms with Crippen LogP contribution >= 0.6 is 0 Å². The van der Waals surface area contributed by atoms with Crippen LogP contribution in [0.2, 0.25) is 0 Å². The third kappa shape index (κ3) is 2.65. The molecule has 5 nitrogen and oxygen atoms in total. The summed E-state index contributed by atoms with van der Waals surface area (Å²) in [6, 6.07) is 11.6. The number of hydrogen-bond acceptors (Lipinski definition) is 4. The van der Waals surface area contributed by atoms with Crippen LogP contribution in [0.4, 0.5) is 0 Å². The van der Waals surface area contributed by atoms with Crippen molar-refractivity contribution >= 4 is 5.84 Å². The molecule has 2 bridgehead atoms. The zero-order chi connectivity index (χ0) is 17.4. The number of nitrogens with two attached hydrogens (primary N) is 1. The maximum Gasteiger partial charge on any atom is 0.178 e. The van der Waals surface area contributed by atoms with Gasteiger partial charge in [0.15, 0.2) is 5.60 Å². The second kappa shape index (κ2) is 5.78. The van der Waals surface area contributed by atoms with E-state index in [1.165, 1.54) is 0 Å². The Bertz CT molecular complexity index is 642. The highest BCUT2D eigenvalue weighted by Crippen LogP contribution is 2.58. The highest BCUT2D eigenvalue weighted by Gasteiger charge is 2.58. The van der Waals surface area contributed by atoms with E-state index in [0.717, 1.165) is 19.3 Å². The van der Waals surface area contributed by atoms with Crippen molar-refractivity contribution in [2.24, 2.45) is 17.1 Å². The first kappa shape index (κ1) is 16.8. The number of amidine groups is 1. The Kier molecular flexibility index (Phi) is 4.05. The van der Waals surface area contributed by atoms with E-state index >= 15 is 0 Å². The summed E-state index contributed by atoms with van der Waals surface area (Å²) in [6.45, 7) is 1.75. The first-order chi connectivity index (χ1) is 11.3. The quantitative estimate of drug-likeness (QED) is 0.571. The van der Waals surface area contributed by atoms with Crippen LogP contribution in [0.3, 0.4) is 0 Å². The molecule has 0 spiro atoms. The zero-order valence-electron chi connectivity index (χ0n) is 14.1. The Labute approximate surface area is 142 Å². The van der Waals surface area contributed by atoms with Gasteiger partial charge in [-0.2, -0.15) is 5.26 Å². The molecule has 3 fully saturated rings. The van der Waals surface area contributed by atoms with Crippen LogP contribution in [-0.4, -0.2) is 22.1 Å². The average molecular weight is 327 g/mol. The van der Waals surface area contributed by atoms with E-state index in [0.29, 0.717) is 25.0 Å². The van der Waals surface area contributed by atoms with Crippen molar-refractivity contribution in [2.45, 2.75) is 56.7 Å². The Morgan fingerprint density at radius 1 is 1.25 bits per heavy atom. The molecule has 3 aliphatic rings. The van der Waals surface area contributed by atoms with Gasteiger partial charge >= 0.3 is 0 Å². The molecule has 2 unspecified atom stereocenters.